The summed E-state index contributed by atoms with van der Waals surface area (Å²) in [6, 6.07) is 1.57. The van der Waals surface area contributed by atoms with Crippen LogP contribution < -0.4 is 0 Å². The molecule has 1 spiro atoms. The Morgan fingerprint density at radius 3 is 2.85 bits per heavy atom. The van der Waals surface area contributed by atoms with Gasteiger partial charge in [-0.05, 0) is 18.3 Å². The van der Waals surface area contributed by atoms with E-state index in [1.165, 1.54) is 0 Å². The molecule has 0 unspecified atom stereocenters. The average Bonchev–Trinajstić information content (AvgIpc) is 3.28. The van der Waals surface area contributed by atoms with Crippen LogP contribution in [0.3, 0.4) is 0 Å². The van der Waals surface area contributed by atoms with Crippen LogP contribution in [0.15, 0.2) is 10.6 Å². The fourth-order valence-electron chi connectivity index (χ4n) is 4.68. The largest absolute Gasteiger partial charge is 0.351 e. The van der Waals surface area contributed by atoms with Crippen LogP contribution in [0.2, 0.25) is 0 Å². The molecule has 0 aliphatic carbocycles. The van der Waals surface area contributed by atoms with E-state index in [1.807, 2.05) is 4.90 Å². The highest BCUT2D eigenvalue weighted by Gasteiger charge is 2.65. The Labute approximate surface area is 153 Å². The van der Waals surface area contributed by atoms with Gasteiger partial charge in [0.2, 0.25) is 11.7 Å². The van der Waals surface area contributed by atoms with Gasteiger partial charge in [0.25, 0.3) is 5.91 Å². The molecule has 0 bridgehead atoms. The minimum absolute atomic E-state index is 0.0850. The van der Waals surface area contributed by atoms with Crippen molar-refractivity contribution >= 4 is 11.8 Å². The van der Waals surface area contributed by atoms with Gasteiger partial charge in [0.05, 0.1) is 30.8 Å². The predicted molar refractivity (Wildman–Crippen MR) is 93.3 cm³/mol. The molecule has 3 fully saturated rings. The third-order valence-corrected chi connectivity index (χ3v) is 5.91. The van der Waals surface area contributed by atoms with Crippen LogP contribution in [0.1, 0.15) is 56.8 Å². The molecule has 0 saturated carbocycles. The average molecular weight is 361 g/mol. The summed E-state index contributed by atoms with van der Waals surface area (Å²) in [5.41, 5.74) is 0.140. The van der Waals surface area contributed by atoms with Gasteiger partial charge in [-0.15, -0.1) is 0 Å². The first-order chi connectivity index (χ1) is 12.3. The molecule has 0 radical (unpaired) electrons. The van der Waals surface area contributed by atoms with E-state index in [1.54, 1.807) is 11.0 Å². The van der Waals surface area contributed by atoms with Gasteiger partial charge in [-0.3, -0.25) is 9.59 Å². The van der Waals surface area contributed by atoms with Crippen LogP contribution in [0.5, 0.6) is 0 Å². The summed E-state index contributed by atoms with van der Waals surface area (Å²) in [6.07, 6.45) is 1.75. The molecule has 4 rings (SSSR count). The van der Waals surface area contributed by atoms with E-state index in [0.717, 1.165) is 12.1 Å². The molecule has 0 aromatic carbocycles. The normalized spacial score (nSPS) is 30.6. The summed E-state index contributed by atoms with van der Waals surface area (Å²) >= 11 is 0. The third kappa shape index (κ3) is 2.47. The van der Waals surface area contributed by atoms with E-state index in [0.29, 0.717) is 37.8 Å². The highest BCUT2D eigenvalue weighted by molar-refractivity contribution is 5.93. The maximum atomic E-state index is 13.0. The first kappa shape index (κ1) is 17.5. The lowest BCUT2D eigenvalue weighted by atomic mass is 10.0. The quantitative estimate of drug-likeness (QED) is 0.821. The van der Waals surface area contributed by atoms with Gasteiger partial charge in [0.15, 0.2) is 5.72 Å². The van der Waals surface area contributed by atoms with Crippen molar-refractivity contribution in [3.63, 3.8) is 0 Å². The number of nitrogens with zero attached hydrogens (tertiary/aromatic N) is 3. The van der Waals surface area contributed by atoms with Crippen LogP contribution in [0.4, 0.5) is 0 Å². The van der Waals surface area contributed by atoms with Gasteiger partial charge in [0.1, 0.15) is 0 Å². The van der Waals surface area contributed by atoms with E-state index in [-0.39, 0.29) is 29.7 Å². The zero-order chi connectivity index (χ0) is 18.6. The van der Waals surface area contributed by atoms with Crippen LogP contribution >= 0.6 is 0 Å². The van der Waals surface area contributed by atoms with Crippen molar-refractivity contribution in [2.45, 2.75) is 64.8 Å². The Kier molecular flexibility index (Phi) is 4.10. The van der Waals surface area contributed by atoms with Crippen molar-refractivity contribution in [1.29, 1.82) is 0 Å². The molecule has 142 valence electrons. The standard InChI is InChI=1S/C19H27N3O4/c1-11(2)7-13-8-15(26-20-13)18(24)21-6-5-19-16(21)9-17(23)22(19)14(10-25-19)12(3)4/h8,11-12,14,16H,5-7,9-10H2,1-4H3/t14-,16+,19-/m0/s1. The zero-order valence-electron chi connectivity index (χ0n) is 15.9. The second-order valence-corrected chi connectivity index (χ2v) is 8.48. The van der Waals surface area contributed by atoms with Crippen molar-refractivity contribution < 1.29 is 18.8 Å². The maximum Gasteiger partial charge on any atom is 0.292 e. The summed E-state index contributed by atoms with van der Waals surface area (Å²) in [5, 5.41) is 4.02. The molecule has 0 N–H and O–H groups in total. The lowest BCUT2D eigenvalue weighted by Gasteiger charge is -2.34. The minimum Gasteiger partial charge on any atom is -0.351 e. The van der Waals surface area contributed by atoms with Crippen LogP contribution in [-0.4, -0.2) is 57.7 Å². The van der Waals surface area contributed by atoms with Gasteiger partial charge in [-0.1, -0.05) is 32.9 Å². The van der Waals surface area contributed by atoms with Gasteiger partial charge >= 0.3 is 0 Å². The highest BCUT2D eigenvalue weighted by Crippen LogP contribution is 2.49. The Morgan fingerprint density at radius 1 is 1.38 bits per heavy atom. The van der Waals surface area contributed by atoms with E-state index < -0.39 is 5.72 Å². The number of aromatic nitrogens is 1. The monoisotopic (exact) mass is 361 g/mol. The Morgan fingerprint density at radius 2 is 2.15 bits per heavy atom. The Bertz CT molecular complexity index is 728. The number of carbonyl (C=O) groups is 2. The number of ether oxygens (including phenoxy) is 1. The lowest BCUT2D eigenvalue weighted by molar-refractivity contribution is -0.139. The number of hydrogen-bond donors (Lipinski definition) is 0. The van der Waals surface area contributed by atoms with E-state index in [9.17, 15) is 9.59 Å². The van der Waals surface area contributed by atoms with E-state index in [2.05, 4.69) is 32.9 Å². The Balaban J connectivity index is 1.56. The van der Waals surface area contributed by atoms with Crippen molar-refractivity contribution in [3.05, 3.63) is 17.5 Å². The molecule has 4 heterocycles. The number of hydrogen-bond acceptors (Lipinski definition) is 5. The summed E-state index contributed by atoms with van der Waals surface area (Å²) in [6.45, 7) is 9.52. The summed E-state index contributed by atoms with van der Waals surface area (Å²) < 4.78 is 11.5. The van der Waals surface area contributed by atoms with E-state index in [4.69, 9.17) is 9.26 Å². The second kappa shape index (κ2) is 6.08. The minimum atomic E-state index is -0.650. The molecule has 7 heteroatoms. The fraction of sp³-hybridized carbons (Fsp3) is 0.737. The molecule has 1 aromatic heterocycles. The number of carbonyl (C=O) groups excluding carboxylic acids is 2. The molecule has 3 aliphatic heterocycles. The molecule has 3 saturated heterocycles. The Hall–Kier alpha value is -1.89. The van der Waals surface area contributed by atoms with Crippen molar-refractivity contribution in [2.24, 2.45) is 11.8 Å². The lowest BCUT2D eigenvalue weighted by Crippen LogP contribution is -2.51. The molecule has 3 atom stereocenters. The zero-order valence-corrected chi connectivity index (χ0v) is 15.9. The number of rotatable bonds is 4. The summed E-state index contributed by atoms with van der Waals surface area (Å²) in [4.78, 5) is 29.4. The smallest absolute Gasteiger partial charge is 0.292 e. The molecule has 1 aromatic rings. The van der Waals surface area contributed by atoms with Crippen molar-refractivity contribution in [2.75, 3.05) is 13.2 Å². The van der Waals surface area contributed by atoms with Crippen molar-refractivity contribution in [3.8, 4) is 0 Å². The predicted octanol–water partition coefficient (Wildman–Crippen LogP) is 2.07. The van der Waals surface area contributed by atoms with Gasteiger partial charge in [0, 0.05) is 19.0 Å². The molecule has 3 aliphatic rings. The maximum absolute atomic E-state index is 13.0. The number of amides is 2. The SMILES string of the molecule is CC(C)Cc1cc(C(=O)N2CC[C@@]34OC[C@@H](C(C)C)N3C(=O)C[C@@H]24)on1. The summed E-state index contributed by atoms with van der Waals surface area (Å²) in [5.74, 6) is 0.915. The van der Waals surface area contributed by atoms with Crippen LogP contribution in [0.25, 0.3) is 0 Å². The molecule has 7 nitrogen and oxygen atoms in total. The molecular formula is C19H27N3O4. The molecular weight excluding hydrogens is 334 g/mol. The second-order valence-electron chi connectivity index (χ2n) is 8.48. The third-order valence-electron chi connectivity index (χ3n) is 5.91. The summed E-state index contributed by atoms with van der Waals surface area (Å²) in [7, 11) is 0. The van der Waals surface area contributed by atoms with Gasteiger partial charge in [-0.2, -0.15) is 0 Å². The fourth-order valence-corrected chi connectivity index (χ4v) is 4.68. The van der Waals surface area contributed by atoms with Gasteiger partial charge < -0.3 is 19.1 Å². The molecule has 26 heavy (non-hydrogen) atoms. The number of likely N-dealkylation sites (tertiary alicyclic amines) is 1. The van der Waals surface area contributed by atoms with Crippen LogP contribution in [0, 0.1) is 11.8 Å². The van der Waals surface area contributed by atoms with Crippen molar-refractivity contribution in [1.82, 2.24) is 15.0 Å². The van der Waals surface area contributed by atoms with Gasteiger partial charge in [-0.25, -0.2) is 0 Å². The molecule has 2 amide bonds. The van der Waals surface area contributed by atoms with Crippen LogP contribution in [-0.2, 0) is 16.0 Å². The first-order valence-corrected chi connectivity index (χ1v) is 9.56. The van der Waals surface area contributed by atoms with E-state index >= 15 is 0 Å². The highest BCUT2D eigenvalue weighted by atomic mass is 16.5. The first-order valence-electron chi connectivity index (χ1n) is 9.56. The topological polar surface area (TPSA) is 75.9 Å².